The summed E-state index contributed by atoms with van der Waals surface area (Å²) in [6, 6.07) is 3.76. The van der Waals surface area contributed by atoms with Crippen LogP contribution in [0.4, 0.5) is 5.69 Å². The Hall–Kier alpha value is -1.66. The summed E-state index contributed by atoms with van der Waals surface area (Å²) >= 11 is 5.75. The number of nitro groups is 1. The number of aliphatic hydroxyl groups excluding tert-OH is 1. The second-order valence-corrected chi connectivity index (χ2v) is 5.95. The molecule has 0 heterocycles. The number of nitro benzene ring substituents is 1. The van der Waals surface area contributed by atoms with Gasteiger partial charge in [-0.05, 0) is 17.5 Å². The van der Waals surface area contributed by atoms with Crippen LogP contribution >= 0.6 is 11.6 Å². The lowest BCUT2D eigenvalue weighted by atomic mass is 9.89. The molecule has 0 aliphatic heterocycles. The van der Waals surface area contributed by atoms with Gasteiger partial charge in [0.05, 0.1) is 11.0 Å². The standard InChI is InChI=1S/C13H17ClN2O4/c1-13(2,3)11(17)7-15-12(18)9-6-8(14)4-5-10(9)16(19)20/h4-6,11,17H,7H2,1-3H3,(H,15,18). The molecule has 1 aromatic carbocycles. The molecule has 110 valence electrons. The molecule has 1 unspecified atom stereocenters. The summed E-state index contributed by atoms with van der Waals surface area (Å²) in [4.78, 5) is 22.2. The topological polar surface area (TPSA) is 92.5 Å². The molecule has 0 radical (unpaired) electrons. The fraction of sp³-hybridized carbons (Fsp3) is 0.462. The summed E-state index contributed by atoms with van der Waals surface area (Å²) in [5.74, 6) is -0.637. The zero-order valence-electron chi connectivity index (χ0n) is 11.5. The number of halogens is 1. The van der Waals surface area contributed by atoms with E-state index in [2.05, 4.69) is 5.32 Å². The second-order valence-electron chi connectivity index (χ2n) is 5.51. The van der Waals surface area contributed by atoms with Crippen LogP contribution in [0.1, 0.15) is 31.1 Å². The molecule has 0 spiro atoms. The summed E-state index contributed by atoms with van der Waals surface area (Å²) in [5, 5.41) is 23.4. The highest BCUT2D eigenvalue weighted by atomic mass is 35.5. The molecular weight excluding hydrogens is 284 g/mol. The normalized spacial score (nSPS) is 12.8. The molecular formula is C13H17ClN2O4. The van der Waals surface area contributed by atoms with Crippen molar-refractivity contribution in [1.29, 1.82) is 0 Å². The van der Waals surface area contributed by atoms with Crippen molar-refractivity contribution in [3.63, 3.8) is 0 Å². The average molecular weight is 301 g/mol. The van der Waals surface area contributed by atoms with Gasteiger partial charge in [-0.15, -0.1) is 0 Å². The number of carbonyl (C=O) groups is 1. The van der Waals surface area contributed by atoms with E-state index in [4.69, 9.17) is 11.6 Å². The minimum absolute atomic E-state index is 0.00595. The van der Waals surface area contributed by atoms with Gasteiger partial charge in [0.1, 0.15) is 5.56 Å². The van der Waals surface area contributed by atoms with E-state index < -0.39 is 22.3 Å². The van der Waals surface area contributed by atoms with Crippen molar-refractivity contribution in [2.45, 2.75) is 26.9 Å². The van der Waals surface area contributed by atoms with Gasteiger partial charge in [0.25, 0.3) is 11.6 Å². The molecule has 6 nitrogen and oxygen atoms in total. The highest BCUT2D eigenvalue weighted by molar-refractivity contribution is 6.31. The molecule has 0 fully saturated rings. The van der Waals surface area contributed by atoms with Crippen molar-refractivity contribution in [2.24, 2.45) is 5.41 Å². The molecule has 0 saturated carbocycles. The highest BCUT2D eigenvalue weighted by Crippen LogP contribution is 2.23. The van der Waals surface area contributed by atoms with Crippen LogP contribution < -0.4 is 5.32 Å². The maximum absolute atomic E-state index is 12.0. The van der Waals surface area contributed by atoms with E-state index in [0.29, 0.717) is 0 Å². The van der Waals surface area contributed by atoms with Gasteiger partial charge in [0, 0.05) is 17.6 Å². The van der Waals surface area contributed by atoms with Crippen molar-refractivity contribution in [3.8, 4) is 0 Å². The Kier molecular flexibility index (Phi) is 5.08. The second kappa shape index (κ2) is 6.19. The number of nitrogens with zero attached hydrogens (tertiary/aromatic N) is 1. The predicted molar refractivity (Wildman–Crippen MR) is 75.9 cm³/mol. The Morgan fingerprint density at radius 2 is 2.10 bits per heavy atom. The Bertz CT molecular complexity index is 526. The third-order valence-corrected chi connectivity index (χ3v) is 3.09. The van der Waals surface area contributed by atoms with Gasteiger partial charge in [-0.25, -0.2) is 0 Å². The number of benzene rings is 1. The monoisotopic (exact) mass is 300 g/mol. The van der Waals surface area contributed by atoms with Crippen LogP contribution in [0.3, 0.4) is 0 Å². The van der Waals surface area contributed by atoms with E-state index in [9.17, 15) is 20.0 Å². The average Bonchev–Trinajstić information content (AvgIpc) is 2.33. The number of rotatable bonds is 4. The summed E-state index contributed by atoms with van der Waals surface area (Å²) in [7, 11) is 0. The molecule has 7 heteroatoms. The van der Waals surface area contributed by atoms with Gasteiger partial charge in [0.2, 0.25) is 0 Å². The summed E-state index contributed by atoms with van der Waals surface area (Å²) in [5.41, 5.74) is -0.839. The third-order valence-electron chi connectivity index (χ3n) is 2.86. The predicted octanol–water partition coefficient (Wildman–Crippen LogP) is 2.39. The molecule has 1 atom stereocenters. The smallest absolute Gasteiger partial charge is 0.282 e. The Morgan fingerprint density at radius 1 is 1.50 bits per heavy atom. The van der Waals surface area contributed by atoms with Crippen molar-refractivity contribution < 1.29 is 14.8 Å². The molecule has 1 amide bonds. The fourth-order valence-corrected chi connectivity index (χ4v) is 1.61. The van der Waals surface area contributed by atoms with Crippen LogP contribution in [0.25, 0.3) is 0 Å². The zero-order chi connectivity index (χ0) is 15.5. The number of aliphatic hydroxyl groups is 1. The number of carbonyl (C=O) groups excluding carboxylic acids is 1. The van der Waals surface area contributed by atoms with Gasteiger partial charge < -0.3 is 10.4 Å². The third kappa shape index (κ3) is 4.18. The highest BCUT2D eigenvalue weighted by Gasteiger charge is 2.25. The maximum Gasteiger partial charge on any atom is 0.282 e. The lowest BCUT2D eigenvalue weighted by Gasteiger charge is -2.25. The molecule has 1 rings (SSSR count). The van der Waals surface area contributed by atoms with Crippen molar-refractivity contribution >= 4 is 23.2 Å². The first kappa shape index (κ1) is 16.4. The van der Waals surface area contributed by atoms with Gasteiger partial charge in [-0.1, -0.05) is 32.4 Å². The number of hydrogen-bond acceptors (Lipinski definition) is 4. The lowest BCUT2D eigenvalue weighted by molar-refractivity contribution is -0.385. The Labute approximate surface area is 121 Å². The van der Waals surface area contributed by atoms with Gasteiger partial charge >= 0.3 is 0 Å². The quantitative estimate of drug-likeness (QED) is 0.659. The first-order chi connectivity index (χ1) is 9.12. The van der Waals surface area contributed by atoms with E-state index in [-0.39, 0.29) is 22.8 Å². The summed E-state index contributed by atoms with van der Waals surface area (Å²) in [6.07, 6.45) is -0.760. The Morgan fingerprint density at radius 3 is 2.60 bits per heavy atom. The van der Waals surface area contributed by atoms with E-state index in [1.807, 2.05) is 20.8 Å². The van der Waals surface area contributed by atoms with Crippen LogP contribution in [0.15, 0.2) is 18.2 Å². The Balaban J connectivity index is 2.88. The molecule has 1 aromatic rings. The van der Waals surface area contributed by atoms with E-state index >= 15 is 0 Å². The summed E-state index contributed by atoms with van der Waals surface area (Å²) in [6.45, 7) is 5.48. The van der Waals surface area contributed by atoms with Crippen LogP contribution in [0.2, 0.25) is 5.02 Å². The molecule has 0 aliphatic rings. The molecule has 2 N–H and O–H groups in total. The van der Waals surface area contributed by atoms with Crippen LogP contribution in [0.5, 0.6) is 0 Å². The first-order valence-electron chi connectivity index (χ1n) is 6.03. The van der Waals surface area contributed by atoms with Crippen molar-refractivity contribution in [2.75, 3.05) is 6.54 Å². The van der Waals surface area contributed by atoms with Gasteiger partial charge in [-0.3, -0.25) is 14.9 Å². The largest absolute Gasteiger partial charge is 0.391 e. The maximum atomic E-state index is 12.0. The van der Waals surface area contributed by atoms with E-state index in [1.54, 1.807) is 0 Å². The minimum atomic E-state index is -0.760. The van der Waals surface area contributed by atoms with Crippen LogP contribution in [-0.2, 0) is 0 Å². The van der Waals surface area contributed by atoms with Crippen molar-refractivity contribution in [3.05, 3.63) is 38.9 Å². The lowest BCUT2D eigenvalue weighted by Crippen LogP contribution is -2.39. The zero-order valence-corrected chi connectivity index (χ0v) is 12.3. The SMILES string of the molecule is CC(C)(C)C(O)CNC(=O)c1cc(Cl)ccc1[N+](=O)[O-]. The van der Waals surface area contributed by atoms with Crippen molar-refractivity contribution in [1.82, 2.24) is 5.32 Å². The molecule has 0 bridgehead atoms. The fourth-order valence-electron chi connectivity index (χ4n) is 1.44. The molecule has 20 heavy (non-hydrogen) atoms. The molecule has 0 saturated heterocycles. The number of hydrogen-bond donors (Lipinski definition) is 2. The minimum Gasteiger partial charge on any atom is -0.391 e. The van der Waals surface area contributed by atoms with E-state index in [0.717, 1.165) is 0 Å². The van der Waals surface area contributed by atoms with Gasteiger partial charge in [0.15, 0.2) is 0 Å². The first-order valence-corrected chi connectivity index (χ1v) is 6.41. The van der Waals surface area contributed by atoms with Crippen LogP contribution in [0, 0.1) is 15.5 Å². The molecule has 0 aromatic heterocycles. The van der Waals surface area contributed by atoms with Gasteiger partial charge in [-0.2, -0.15) is 0 Å². The number of nitrogens with one attached hydrogen (secondary N) is 1. The van der Waals surface area contributed by atoms with Crippen LogP contribution in [-0.4, -0.2) is 28.6 Å². The molecule has 0 aliphatic carbocycles. The summed E-state index contributed by atoms with van der Waals surface area (Å²) < 4.78 is 0. The number of amides is 1. The van der Waals surface area contributed by atoms with E-state index in [1.165, 1.54) is 18.2 Å².